The zero-order valence-corrected chi connectivity index (χ0v) is 12.1. The molecule has 1 aliphatic rings. The Bertz CT molecular complexity index is 381. The predicted octanol–water partition coefficient (Wildman–Crippen LogP) is 2.69. The summed E-state index contributed by atoms with van der Waals surface area (Å²) >= 11 is 0. The lowest BCUT2D eigenvalue weighted by molar-refractivity contribution is 0.407. The van der Waals surface area contributed by atoms with E-state index >= 15 is 0 Å². The van der Waals surface area contributed by atoms with Gasteiger partial charge in [0.15, 0.2) is 0 Å². The van der Waals surface area contributed by atoms with E-state index in [2.05, 4.69) is 68.7 Å². The molecule has 0 aliphatic carbocycles. The summed E-state index contributed by atoms with van der Waals surface area (Å²) in [5.41, 5.74) is 1.88. The Morgan fingerprint density at radius 3 is 2.50 bits per heavy atom. The van der Waals surface area contributed by atoms with Crippen molar-refractivity contribution in [2.75, 3.05) is 13.1 Å². The highest BCUT2D eigenvalue weighted by atomic mass is 15.1. The average molecular weight is 246 g/mol. The quantitative estimate of drug-likeness (QED) is 0.853. The van der Waals surface area contributed by atoms with Crippen molar-refractivity contribution in [3.05, 3.63) is 35.9 Å². The molecule has 0 spiro atoms. The van der Waals surface area contributed by atoms with Gasteiger partial charge in [0, 0.05) is 30.1 Å². The second-order valence-corrected chi connectivity index (χ2v) is 6.80. The molecule has 0 radical (unpaired) electrons. The topological polar surface area (TPSA) is 24.1 Å². The largest absolute Gasteiger partial charge is 0.312 e. The molecule has 0 aromatic heterocycles. The Hall–Kier alpha value is -0.860. The van der Waals surface area contributed by atoms with Crippen molar-refractivity contribution in [2.24, 2.45) is 0 Å². The molecule has 2 N–H and O–H groups in total. The molecule has 1 atom stereocenters. The van der Waals surface area contributed by atoms with Crippen LogP contribution in [0.15, 0.2) is 30.3 Å². The summed E-state index contributed by atoms with van der Waals surface area (Å²) in [6.45, 7) is 11.3. The molecule has 1 fully saturated rings. The van der Waals surface area contributed by atoms with Crippen molar-refractivity contribution in [2.45, 2.75) is 51.1 Å². The van der Waals surface area contributed by atoms with E-state index in [0.29, 0.717) is 6.04 Å². The molecule has 1 saturated heterocycles. The highest BCUT2D eigenvalue weighted by Crippen LogP contribution is 2.23. The van der Waals surface area contributed by atoms with E-state index < -0.39 is 0 Å². The third-order valence-corrected chi connectivity index (χ3v) is 3.97. The van der Waals surface area contributed by atoms with Crippen molar-refractivity contribution in [3.63, 3.8) is 0 Å². The Kier molecular flexibility index (Phi) is 3.79. The van der Waals surface area contributed by atoms with Crippen molar-refractivity contribution in [3.8, 4) is 0 Å². The van der Waals surface area contributed by atoms with Crippen LogP contribution in [0.1, 0.15) is 39.7 Å². The summed E-state index contributed by atoms with van der Waals surface area (Å²) in [5, 5.41) is 7.27. The SMILES string of the molecule is CC1(C)CC(NCC(C)(C)c2ccccc2)CN1. The van der Waals surface area contributed by atoms with Gasteiger partial charge in [0.1, 0.15) is 0 Å². The van der Waals surface area contributed by atoms with Gasteiger partial charge in [-0.25, -0.2) is 0 Å². The first-order chi connectivity index (χ1) is 8.39. The average Bonchev–Trinajstić information content (AvgIpc) is 2.68. The van der Waals surface area contributed by atoms with Gasteiger partial charge in [-0.15, -0.1) is 0 Å². The lowest BCUT2D eigenvalue weighted by Crippen LogP contribution is -2.40. The summed E-state index contributed by atoms with van der Waals surface area (Å²) in [6, 6.07) is 11.4. The van der Waals surface area contributed by atoms with Crippen LogP contribution in [-0.4, -0.2) is 24.7 Å². The summed E-state index contributed by atoms with van der Waals surface area (Å²) in [7, 11) is 0. The van der Waals surface area contributed by atoms with Gasteiger partial charge in [-0.2, -0.15) is 0 Å². The first kappa shape index (κ1) is 13.6. The first-order valence-electron chi connectivity index (χ1n) is 6.93. The maximum absolute atomic E-state index is 3.71. The van der Waals surface area contributed by atoms with Crippen LogP contribution >= 0.6 is 0 Å². The van der Waals surface area contributed by atoms with Crippen LogP contribution in [0, 0.1) is 0 Å². The standard InChI is InChI=1S/C16H26N2/c1-15(2,13-8-6-5-7-9-13)12-17-14-10-16(3,4)18-11-14/h5-9,14,17-18H,10-12H2,1-4H3. The van der Waals surface area contributed by atoms with Crippen molar-refractivity contribution < 1.29 is 0 Å². The van der Waals surface area contributed by atoms with Gasteiger partial charge in [-0.05, 0) is 25.8 Å². The van der Waals surface area contributed by atoms with Gasteiger partial charge in [-0.3, -0.25) is 0 Å². The number of hydrogen-bond donors (Lipinski definition) is 2. The number of rotatable bonds is 4. The second-order valence-electron chi connectivity index (χ2n) is 6.80. The van der Waals surface area contributed by atoms with Gasteiger partial charge in [-0.1, -0.05) is 44.2 Å². The van der Waals surface area contributed by atoms with Crippen LogP contribution in [0.4, 0.5) is 0 Å². The van der Waals surface area contributed by atoms with Crippen LogP contribution in [0.5, 0.6) is 0 Å². The summed E-state index contributed by atoms with van der Waals surface area (Å²) in [4.78, 5) is 0. The molecule has 1 aromatic carbocycles. The Morgan fingerprint density at radius 1 is 1.28 bits per heavy atom. The minimum absolute atomic E-state index is 0.188. The van der Waals surface area contributed by atoms with E-state index in [-0.39, 0.29) is 11.0 Å². The zero-order chi connectivity index (χ0) is 13.2. The second kappa shape index (κ2) is 5.02. The van der Waals surface area contributed by atoms with Crippen LogP contribution in [0.25, 0.3) is 0 Å². The summed E-state index contributed by atoms with van der Waals surface area (Å²) in [6.07, 6.45) is 1.21. The van der Waals surface area contributed by atoms with Gasteiger partial charge in [0.25, 0.3) is 0 Å². The van der Waals surface area contributed by atoms with Gasteiger partial charge in [0.05, 0.1) is 0 Å². The monoisotopic (exact) mass is 246 g/mol. The zero-order valence-electron chi connectivity index (χ0n) is 12.1. The smallest absolute Gasteiger partial charge is 0.0210 e. The fourth-order valence-corrected chi connectivity index (χ4v) is 2.70. The molecule has 1 aromatic rings. The number of benzene rings is 1. The van der Waals surface area contributed by atoms with Crippen LogP contribution in [0.3, 0.4) is 0 Å². The lowest BCUT2D eigenvalue weighted by Gasteiger charge is -2.28. The highest BCUT2D eigenvalue weighted by Gasteiger charge is 2.31. The van der Waals surface area contributed by atoms with E-state index in [1.54, 1.807) is 0 Å². The fourth-order valence-electron chi connectivity index (χ4n) is 2.70. The van der Waals surface area contributed by atoms with Gasteiger partial charge >= 0.3 is 0 Å². The third kappa shape index (κ3) is 3.33. The highest BCUT2D eigenvalue weighted by molar-refractivity contribution is 5.24. The summed E-state index contributed by atoms with van der Waals surface area (Å²) in [5.74, 6) is 0. The molecule has 2 heteroatoms. The van der Waals surface area contributed by atoms with Crippen molar-refractivity contribution in [1.29, 1.82) is 0 Å². The lowest BCUT2D eigenvalue weighted by atomic mass is 9.84. The first-order valence-corrected chi connectivity index (χ1v) is 6.93. The van der Waals surface area contributed by atoms with E-state index in [4.69, 9.17) is 0 Å². The molecule has 0 bridgehead atoms. The van der Waals surface area contributed by atoms with Crippen molar-refractivity contribution >= 4 is 0 Å². The Morgan fingerprint density at radius 2 is 1.94 bits per heavy atom. The molecule has 18 heavy (non-hydrogen) atoms. The molecule has 2 nitrogen and oxygen atoms in total. The van der Waals surface area contributed by atoms with E-state index in [1.165, 1.54) is 12.0 Å². The molecule has 0 amide bonds. The maximum atomic E-state index is 3.71. The van der Waals surface area contributed by atoms with E-state index in [9.17, 15) is 0 Å². The van der Waals surface area contributed by atoms with Crippen LogP contribution in [0.2, 0.25) is 0 Å². The molecule has 1 unspecified atom stereocenters. The number of nitrogens with one attached hydrogen (secondary N) is 2. The van der Waals surface area contributed by atoms with Crippen LogP contribution in [-0.2, 0) is 5.41 Å². The van der Waals surface area contributed by atoms with Crippen molar-refractivity contribution in [1.82, 2.24) is 10.6 Å². The molecule has 0 saturated carbocycles. The maximum Gasteiger partial charge on any atom is 0.0210 e. The Balaban J connectivity index is 1.90. The molecule has 1 aliphatic heterocycles. The molecule has 1 heterocycles. The minimum Gasteiger partial charge on any atom is -0.312 e. The fraction of sp³-hybridized carbons (Fsp3) is 0.625. The van der Waals surface area contributed by atoms with Gasteiger partial charge in [0.2, 0.25) is 0 Å². The number of hydrogen-bond acceptors (Lipinski definition) is 2. The molecular formula is C16H26N2. The van der Waals surface area contributed by atoms with Gasteiger partial charge < -0.3 is 10.6 Å². The normalized spacial score (nSPS) is 23.2. The molecule has 2 rings (SSSR count). The minimum atomic E-state index is 0.188. The van der Waals surface area contributed by atoms with Crippen LogP contribution < -0.4 is 10.6 Å². The molecular weight excluding hydrogens is 220 g/mol. The van der Waals surface area contributed by atoms with E-state index in [0.717, 1.165) is 13.1 Å². The summed E-state index contributed by atoms with van der Waals surface area (Å²) < 4.78 is 0. The van der Waals surface area contributed by atoms with E-state index in [1.807, 2.05) is 0 Å². The third-order valence-electron chi connectivity index (χ3n) is 3.97. The molecule has 100 valence electrons. The Labute approximate surface area is 111 Å². The predicted molar refractivity (Wildman–Crippen MR) is 78.0 cm³/mol.